The summed E-state index contributed by atoms with van der Waals surface area (Å²) in [4.78, 5) is 24.0. The molecule has 0 radical (unpaired) electrons. The largest absolute Gasteiger partial charge is 0.497 e. The number of hydrogen-bond acceptors (Lipinski definition) is 6. The molecule has 146 valence electrons. The summed E-state index contributed by atoms with van der Waals surface area (Å²) < 4.78 is 15.6. The molecule has 0 heterocycles. The first-order valence-corrected chi connectivity index (χ1v) is 8.27. The van der Waals surface area contributed by atoms with Crippen molar-refractivity contribution in [3.63, 3.8) is 0 Å². The standard InChI is InChI=1S/C20H21N3O5/c1-4-11-28-15-7-5-14(6-8-15)13-21-23-20(25)19(24)22-17-12-16(26-2)9-10-18(17)27-3/h4-10,12-13H,1,11H2,2-3H3,(H,22,24)(H,23,25). The molecule has 2 aromatic rings. The van der Waals surface area contributed by atoms with E-state index in [1.807, 2.05) is 0 Å². The van der Waals surface area contributed by atoms with Gasteiger partial charge in [0.1, 0.15) is 23.9 Å². The minimum atomic E-state index is -0.924. The van der Waals surface area contributed by atoms with Gasteiger partial charge in [-0.3, -0.25) is 9.59 Å². The van der Waals surface area contributed by atoms with Crippen LogP contribution in [0.4, 0.5) is 5.69 Å². The molecule has 2 rings (SSSR count). The van der Waals surface area contributed by atoms with Crippen molar-refractivity contribution < 1.29 is 23.8 Å². The van der Waals surface area contributed by atoms with Gasteiger partial charge in [-0.15, -0.1) is 0 Å². The van der Waals surface area contributed by atoms with Crippen LogP contribution in [0.25, 0.3) is 0 Å². The quantitative estimate of drug-likeness (QED) is 0.316. The molecule has 0 aliphatic heterocycles. The molecular formula is C20H21N3O5. The number of hydrazone groups is 1. The Kier molecular flexibility index (Phi) is 7.59. The van der Waals surface area contributed by atoms with Crippen LogP contribution in [0.1, 0.15) is 5.56 Å². The fourth-order valence-electron chi connectivity index (χ4n) is 2.11. The van der Waals surface area contributed by atoms with Gasteiger partial charge in [-0.05, 0) is 42.0 Å². The van der Waals surface area contributed by atoms with Crippen molar-refractivity contribution in [2.75, 3.05) is 26.1 Å². The Morgan fingerprint density at radius 2 is 1.75 bits per heavy atom. The van der Waals surface area contributed by atoms with Crippen LogP contribution in [0.5, 0.6) is 17.2 Å². The van der Waals surface area contributed by atoms with Crippen molar-refractivity contribution in [3.05, 3.63) is 60.7 Å². The number of nitrogens with zero attached hydrogens (tertiary/aromatic N) is 1. The fourth-order valence-corrected chi connectivity index (χ4v) is 2.11. The minimum absolute atomic E-state index is 0.307. The molecule has 0 atom stereocenters. The predicted octanol–water partition coefficient (Wildman–Crippen LogP) is 2.36. The summed E-state index contributed by atoms with van der Waals surface area (Å²) in [6.45, 7) is 3.99. The van der Waals surface area contributed by atoms with Gasteiger partial charge in [0.15, 0.2) is 0 Å². The summed E-state index contributed by atoms with van der Waals surface area (Å²) in [5.41, 5.74) is 3.20. The number of carbonyl (C=O) groups is 2. The van der Waals surface area contributed by atoms with Crippen LogP contribution in [0.3, 0.4) is 0 Å². The first-order valence-electron chi connectivity index (χ1n) is 8.27. The average molecular weight is 383 g/mol. The number of ether oxygens (including phenoxy) is 3. The normalized spacial score (nSPS) is 10.2. The van der Waals surface area contributed by atoms with Crippen LogP contribution in [0.15, 0.2) is 60.2 Å². The van der Waals surface area contributed by atoms with E-state index in [2.05, 4.69) is 22.4 Å². The van der Waals surface area contributed by atoms with E-state index in [-0.39, 0.29) is 0 Å². The third-order valence-electron chi connectivity index (χ3n) is 3.49. The third kappa shape index (κ3) is 5.87. The van der Waals surface area contributed by atoms with Gasteiger partial charge in [-0.1, -0.05) is 12.7 Å². The third-order valence-corrected chi connectivity index (χ3v) is 3.49. The lowest BCUT2D eigenvalue weighted by molar-refractivity contribution is -0.136. The molecule has 2 amide bonds. The first-order chi connectivity index (χ1) is 13.6. The Labute approximate surface area is 162 Å². The molecule has 0 saturated carbocycles. The van der Waals surface area contributed by atoms with E-state index in [0.29, 0.717) is 29.5 Å². The van der Waals surface area contributed by atoms with Gasteiger partial charge >= 0.3 is 11.8 Å². The van der Waals surface area contributed by atoms with Gasteiger partial charge < -0.3 is 19.5 Å². The Bertz CT molecular complexity index is 863. The topological polar surface area (TPSA) is 98.2 Å². The van der Waals surface area contributed by atoms with E-state index >= 15 is 0 Å². The summed E-state index contributed by atoms with van der Waals surface area (Å²) >= 11 is 0. The molecule has 0 bridgehead atoms. The lowest BCUT2D eigenvalue weighted by Gasteiger charge is -2.11. The van der Waals surface area contributed by atoms with Crippen molar-refractivity contribution >= 4 is 23.7 Å². The Hall–Kier alpha value is -3.81. The van der Waals surface area contributed by atoms with Gasteiger partial charge in [0.05, 0.1) is 26.1 Å². The SMILES string of the molecule is C=CCOc1ccc(C=NNC(=O)C(=O)Nc2cc(OC)ccc2OC)cc1. The number of hydrogen-bond donors (Lipinski definition) is 2. The first kappa shape index (κ1) is 20.5. The molecule has 0 aliphatic carbocycles. The summed E-state index contributed by atoms with van der Waals surface area (Å²) in [5.74, 6) is -0.226. The van der Waals surface area contributed by atoms with Crippen molar-refractivity contribution in [2.24, 2.45) is 5.10 Å². The molecule has 0 spiro atoms. The highest BCUT2D eigenvalue weighted by Crippen LogP contribution is 2.28. The van der Waals surface area contributed by atoms with Crippen LogP contribution in [0, 0.1) is 0 Å². The Morgan fingerprint density at radius 1 is 1.04 bits per heavy atom. The number of rotatable bonds is 8. The smallest absolute Gasteiger partial charge is 0.329 e. The molecular weight excluding hydrogens is 362 g/mol. The zero-order valence-corrected chi connectivity index (χ0v) is 15.6. The van der Waals surface area contributed by atoms with Crippen molar-refractivity contribution in [2.45, 2.75) is 0 Å². The number of amides is 2. The number of benzene rings is 2. The van der Waals surface area contributed by atoms with Gasteiger partial charge in [-0.25, -0.2) is 5.43 Å². The molecule has 0 fully saturated rings. The van der Waals surface area contributed by atoms with E-state index in [1.165, 1.54) is 20.4 Å². The predicted molar refractivity (Wildman–Crippen MR) is 106 cm³/mol. The second kappa shape index (κ2) is 10.4. The zero-order valence-electron chi connectivity index (χ0n) is 15.6. The molecule has 0 unspecified atom stereocenters. The van der Waals surface area contributed by atoms with Crippen molar-refractivity contribution in [1.29, 1.82) is 0 Å². The molecule has 8 nitrogen and oxygen atoms in total. The van der Waals surface area contributed by atoms with Crippen LogP contribution in [0.2, 0.25) is 0 Å². The van der Waals surface area contributed by atoms with E-state index in [9.17, 15) is 9.59 Å². The van der Waals surface area contributed by atoms with Crippen molar-refractivity contribution in [3.8, 4) is 17.2 Å². The summed E-state index contributed by atoms with van der Waals surface area (Å²) in [6, 6.07) is 11.9. The van der Waals surface area contributed by atoms with Crippen LogP contribution >= 0.6 is 0 Å². The number of nitrogens with one attached hydrogen (secondary N) is 2. The maximum atomic E-state index is 12.0. The summed E-state index contributed by atoms with van der Waals surface area (Å²) in [6.07, 6.45) is 3.06. The molecule has 2 N–H and O–H groups in total. The highest BCUT2D eigenvalue weighted by Gasteiger charge is 2.16. The zero-order chi connectivity index (χ0) is 20.4. The Morgan fingerprint density at radius 3 is 2.39 bits per heavy atom. The molecule has 0 aliphatic rings. The number of anilines is 1. The van der Waals surface area contributed by atoms with Crippen LogP contribution in [-0.4, -0.2) is 38.9 Å². The van der Waals surface area contributed by atoms with Crippen LogP contribution in [-0.2, 0) is 9.59 Å². The number of carbonyl (C=O) groups excluding carboxylic acids is 2. The highest BCUT2D eigenvalue weighted by atomic mass is 16.5. The average Bonchev–Trinajstić information content (AvgIpc) is 2.72. The lowest BCUT2D eigenvalue weighted by atomic mass is 10.2. The molecule has 8 heteroatoms. The highest BCUT2D eigenvalue weighted by molar-refractivity contribution is 6.39. The van der Waals surface area contributed by atoms with Gasteiger partial charge in [0.25, 0.3) is 0 Å². The maximum absolute atomic E-state index is 12.0. The van der Waals surface area contributed by atoms with Gasteiger partial charge in [-0.2, -0.15) is 5.10 Å². The molecule has 2 aromatic carbocycles. The van der Waals surface area contributed by atoms with Crippen LogP contribution < -0.4 is 25.0 Å². The minimum Gasteiger partial charge on any atom is -0.497 e. The van der Waals surface area contributed by atoms with E-state index < -0.39 is 11.8 Å². The van der Waals surface area contributed by atoms with Crippen molar-refractivity contribution in [1.82, 2.24) is 5.43 Å². The molecule has 0 saturated heterocycles. The second-order valence-electron chi connectivity index (χ2n) is 5.39. The molecule has 0 aromatic heterocycles. The summed E-state index contributed by atoms with van der Waals surface area (Å²) in [7, 11) is 2.95. The Balaban J connectivity index is 1.93. The fraction of sp³-hybridized carbons (Fsp3) is 0.150. The molecule has 28 heavy (non-hydrogen) atoms. The van der Waals surface area contributed by atoms with E-state index in [0.717, 1.165) is 5.56 Å². The second-order valence-corrected chi connectivity index (χ2v) is 5.39. The van der Waals surface area contributed by atoms with Gasteiger partial charge in [0, 0.05) is 6.07 Å². The lowest BCUT2D eigenvalue weighted by Crippen LogP contribution is -2.32. The van der Waals surface area contributed by atoms with Gasteiger partial charge in [0.2, 0.25) is 0 Å². The number of methoxy groups -OCH3 is 2. The van der Waals surface area contributed by atoms with E-state index in [4.69, 9.17) is 14.2 Å². The van der Waals surface area contributed by atoms with E-state index in [1.54, 1.807) is 48.5 Å². The summed E-state index contributed by atoms with van der Waals surface area (Å²) in [5, 5.41) is 6.23. The monoisotopic (exact) mass is 383 g/mol. The maximum Gasteiger partial charge on any atom is 0.329 e.